The Morgan fingerprint density at radius 2 is 1.91 bits per heavy atom. The molecule has 5 rings (SSSR count). The number of carbonyl (C=O) groups is 1. The van der Waals surface area contributed by atoms with Crippen LogP contribution < -0.4 is 5.32 Å². The number of sulfone groups is 1. The van der Waals surface area contributed by atoms with Crippen molar-refractivity contribution in [2.45, 2.75) is 16.5 Å². The highest BCUT2D eigenvalue weighted by atomic mass is 32.2. The minimum atomic E-state index is -5.88. The lowest BCUT2D eigenvalue weighted by atomic mass is 9.80. The predicted molar refractivity (Wildman–Crippen MR) is 148 cm³/mol. The Morgan fingerprint density at radius 1 is 1.16 bits per heavy atom. The van der Waals surface area contributed by atoms with E-state index in [9.17, 15) is 26.4 Å². The van der Waals surface area contributed by atoms with Crippen LogP contribution in [0.25, 0.3) is 11.9 Å². The van der Waals surface area contributed by atoms with Gasteiger partial charge in [0.25, 0.3) is 15.7 Å². The highest BCUT2D eigenvalue weighted by Gasteiger charge is 2.64. The molecule has 0 saturated carbocycles. The van der Waals surface area contributed by atoms with Gasteiger partial charge in [0, 0.05) is 29.0 Å². The zero-order chi connectivity index (χ0) is 31.0. The lowest BCUT2D eigenvalue weighted by molar-refractivity contribution is -0.0489. The molecule has 8 nitrogen and oxygen atoms in total. The van der Waals surface area contributed by atoms with E-state index < -0.39 is 56.4 Å². The van der Waals surface area contributed by atoms with Crippen LogP contribution in [0.1, 0.15) is 32.7 Å². The van der Waals surface area contributed by atoms with E-state index in [-0.39, 0.29) is 38.9 Å². The number of nitrogens with zero attached hydrogens (tertiary/aromatic N) is 3. The average molecular weight is 635 g/mol. The molecule has 3 aromatic rings. The summed E-state index contributed by atoms with van der Waals surface area (Å²) in [4.78, 5) is 21.1. The summed E-state index contributed by atoms with van der Waals surface area (Å²) in [5, 5.41) is 11.4. The van der Waals surface area contributed by atoms with E-state index in [0.717, 1.165) is 36.2 Å². The number of thioether (sulfide) groups is 1. The number of benzene rings is 2. The van der Waals surface area contributed by atoms with Crippen LogP contribution in [-0.2, 0) is 20.1 Å². The Kier molecular flexibility index (Phi) is 8.12. The number of aliphatic imine (C=N–C) groups is 1. The molecule has 2 aliphatic rings. The van der Waals surface area contributed by atoms with E-state index in [2.05, 4.69) is 15.3 Å². The van der Waals surface area contributed by atoms with Gasteiger partial charge in [0.2, 0.25) is 0 Å². The van der Waals surface area contributed by atoms with Gasteiger partial charge in [-0.05, 0) is 48.0 Å². The SMILES string of the molecule is N#Cc1ccc(/C(F)=C/c2ccc(F)c([C@]34CO[C@@H](S(=O)(=O)C(F)(F)F)[C@@H]3CSC(NC(=O)c3ccccc3)=N4)c2)nc1. The van der Waals surface area contributed by atoms with Crippen molar-refractivity contribution >= 4 is 44.6 Å². The number of amides is 1. The van der Waals surface area contributed by atoms with E-state index in [4.69, 9.17) is 10.00 Å². The van der Waals surface area contributed by atoms with Gasteiger partial charge < -0.3 is 10.1 Å². The number of fused-ring (bicyclic) bond motifs is 1. The molecule has 0 spiro atoms. The summed E-state index contributed by atoms with van der Waals surface area (Å²) < 4.78 is 101. The highest BCUT2D eigenvalue weighted by Crippen LogP contribution is 2.51. The topological polar surface area (TPSA) is 122 Å². The molecule has 3 atom stereocenters. The minimum Gasteiger partial charge on any atom is -0.359 e. The standard InChI is InChI=1S/C28H19F5N4O4S2/c29-21-8-6-16(11-22(30)23-9-7-17(12-34)13-35-23)10-19(21)27-15-41-25(43(39,40)28(31,32)33)20(27)14-42-26(37-27)36-24(38)18-4-2-1-3-5-18/h1-11,13,20,25H,14-15H2,(H,36,37,38)/b22-11-/t20-,25-,27+/m0/s1. The summed E-state index contributed by atoms with van der Waals surface area (Å²) in [5.74, 6) is -4.29. The fraction of sp³-hybridized carbons (Fsp3) is 0.214. The fourth-order valence-electron chi connectivity index (χ4n) is 4.76. The van der Waals surface area contributed by atoms with Crippen molar-refractivity contribution in [2.75, 3.05) is 12.4 Å². The molecule has 1 fully saturated rings. The second kappa shape index (κ2) is 11.5. The number of alkyl halides is 3. The van der Waals surface area contributed by atoms with E-state index in [0.29, 0.717) is 0 Å². The first kappa shape index (κ1) is 30.3. The van der Waals surface area contributed by atoms with Gasteiger partial charge in [-0.2, -0.15) is 18.4 Å². The number of rotatable bonds is 5. The monoisotopic (exact) mass is 634 g/mol. The van der Waals surface area contributed by atoms with Gasteiger partial charge in [0.05, 0.1) is 17.9 Å². The quantitative estimate of drug-likeness (QED) is 0.383. The van der Waals surface area contributed by atoms with Crippen molar-refractivity contribution in [3.63, 3.8) is 0 Å². The number of carbonyl (C=O) groups excluding carboxylic acids is 1. The molecule has 1 N–H and O–H groups in total. The molecule has 1 aromatic heterocycles. The normalized spacial score (nSPS) is 22.3. The molecule has 1 amide bonds. The Labute approximate surface area is 246 Å². The first-order valence-corrected chi connectivity index (χ1v) is 14.9. The van der Waals surface area contributed by atoms with E-state index in [1.165, 1.54) is 30.3 Å². The van der Waals surface area contributed by atoms with Crippen molar-refractivity contribution in [1.82, 2.24) is 10.3 Å². The summed E-state index contributed by atoms with van der Waals surface area (Å²) in [6, 6.07) is 15.7. The molecule has 43 heavy (non-hydrogen) atoms. The molecule has 0 aliphatic carbocycles. The summed E-state index contributed by atoms with van der Waals surface area (Å²) in [6.07, 6.45) is 2.14. The predicted octanol–water partition coefficient (Wildman–Crippen LogP) is 5.20. The highest BCUT2D eigenvalue weighted by molar-refractivity contribution is 8.14. The van der Waals surface area contributed by atoms with Gasteiger partial charge in [0.1, 0.15) is 23.3 Å². The summed E-state index contributed by atoms with van der Waals surface area (Å²) >= 11 is 0.788. The lowest BCUT2D eigenvalue weighted by Crippen LogP contribution is -2.47. The van der Waals surface area contributed by atoms with Gasteiger partial charge in [0.15, 0.2) is 10.6 Å². The maximum atomic E-state index is 15.5. The van der Waals surface area contributed by atoms with Crippen LogP contribution in [0.3, 0.4) is 0 Å². The lowest BCUT2D eigenvalue weighted by Gasteiger charge is -2.36. The summed E-state index contributed by atoms with van der Waals surface area (Å²) in [5.41, 5.74) is -10.1. The van der Waals surface area contributed by atoms with Crippen LogP contribution in [0.15, 0.2) is 71.9 Å². The molecule has 0 bridgehead atoms. The van der Waals surface area contributed by atoms with Crippen LogP contribution in [0.4, 0.5) is 22.0 Å². The van der Waals surface area contributed by atoms with Gasteiger partial charge in [-0.1, -0.05) is 36.0 Å². The molecular weight excluding hydrogens is 615 g/mol. The maximum absolute atomic E-state index is 15.5. The number of pyridine rings is 1. The summed E-state index contributed by atoms with van der Waals surface area (Å²) in [6.45, 7) is -0.771. The van der Waals surface area contributed by atoms with Crippen LogP contribution >= 0.6 is 11.8 Å². The molecule has 0 unspecified atom stereocenters. The minimum absolute atomic E-state index is 0.0543. The van der Waals surface area contributed by atoms with Crippen molar-refractivity contribution < 1.29 is 39.9 Å². The number of nitriles is 1. The fourth-order valence-corrected chi connectivity index (χ4v) is 7.32. The average Bonchev–Trinajstić information content (AvgIpc) is 3.38. The Hall–Kier alpha value is -4.13. The van der Waals surface area contributed by atoms with Crippen molar-refractivity contribution in [3.05, 3.63) is 101 Å². The Bertz CT molecular complexity index is 1780. The molecular formula is C28H19F5N4O4S2. The number of hydrogen-bond donors (Lipinski definition) is 1. The summed E-state index contributed by atoms with van der Waals surface area (Å²) in [7, 11) is -5.88. The van der Waals surface area contributed by atoms with Crippen molar-refractivity contribution in [1.29, 1.82) is 5.26 Å². The Balaban J connectivity index is 1.59. The van der Waals surface area contributed by atoms with Crippen molar-refractivity contribution in [2.24, 2.45) is 10.9 Å². The van der Waals surface area contributed by atoms with E-state index in [1.54, 1.807) is 18.2 Å². The first-order valence-electron chi connectivity index (χ1n) is 12.4. The third kappa shape index (κ3) is 5.77. The molecule has 0 radical (unpaired) electrons. The third-order valence-electron chi connectivity index (χ3n) is 6.88. The van der Waals surface area contributed by atoms with Crippen LogP contribution in [0, 0.1) is 23.1 Å². The molecule has 222 valence electrons. The zero-order valence-corrected chi connectivity index (χ0v) is 23.3. The number of amidine groups is 1. The molecule has 15 heteroatoms. The Morgan fingerprint density at radius 3 is 2.56 bits per heavy atom. The second-order valence-corrected chi connectivity index (χ2v) is 12.6. The number of halogens is 5. The van der Waals surface area contributed by atoms with E-state index in [1.807, 2.05) is 6.07 Å². The van der Waals surface area contributed by atoms with Gasteiger partial charge >= 0.3 is 5.51 Å². The van der Waals surface area contributed by atoms with Crippen LogP contribution in [0.5, 0.6) is 0 Å². The van der Waals surface area contributed by atoms with Crippen LogP contribution in [-0.4, -0.2) is 47.8 Å². The molecule has 2 aromatic carbocycles. The number of hydrogen-bond acceptors (Lipinski definition) is 8. The third-order valence-corrected chi connectivity index (χ3v) is 9.60. The first-order chi connectivity index (χ1) is 20.4. The molecule has 3 heterocycles. The van der Waals surface area contributed by atoms with Gasteiger partial charge in [-0.3, -0.25) is 9.78 Å². The number of nitrogens with one attached hydrogen (secondary N) is 1. The smallest absolute Gasteiger partial charge is 0.359 e. The van der Waals surface area contributed by atoms with Crippen molar-refractivity contribution in [3.8, 4) is 6.07 Å². The van der Waals surface area contributed by atoms with Crippen LogP contribution in [0.2, 0.25) is 0 Å². The van der Waals surface area contributed by atoms with Gasteiger partial charge in [-0.25, -0.2) is 22.2 Å². The van der Waals surface area contributed by atoms with E-state index >= 15 is 8.78 Å². The zero-order valence-electron chi connectivity index (χ0n) is 21.7. The number of ether oxygens (including phenoxy) is 1. The number of aromatic nitrogens is 1. The molecule has 2 aliphatic heterocycles. The second-order valence-electron chi connectivity index (χ2n) is 9.52. The van der Waals surface area contributed by atoms with Gasteiger partial charge in [-0.15, -0.1) is 0 Å². The largest absolute Gasteiger partial charge is 0.499 e. The molecule has 1 saturated heterocycles. The maximum Gasteiger partial charge on any atom is 0.499 e.